The first-order valence-electron chi connectivity index (χ1n) is 8.19. The largest absolute Gasteiger partial charge is 0.368 e. The van der Waals surface area contributed by atoms with Crippen molar-refractivity contribution in [2.75, 3.05) is 40.8 Å². The molecular formula is C16H34N4O. The van der Waals surface area contributed by atoms with E-state index in [2.05, 4.69) is 50.1 Å². The molecule has 0 spiro atoms. The predicted octanol–water partition coefficient (Wildman–Crippen LogP) is 0.892. The third-order valence-corrected chi connectivity index (χ3v) is 4.59. The first kappa shape index (κ1) is 18.4. The lowest BCUT2D eigenvalue weighted by molar-refractivity contribution is -0.126. The summed E-state index contributed by atoms with van der Waals surface area (Å²) in [5, 5.41) is 3.48. The van der Waals surface area contributed by atoms with E-state index >= 15 is 0 Å². The highest BCUT2D eigenvalue weighted by Gasteiger charge is 2.47. The predicted molar refractivity (Wildman–Crippen MR) is 88.2 cm³/mol. The quantitative estimate of drug-likeness (QED) is 0.664. The van der Waals surface area contributed by atoms with Gasteiger partial charge in [0.05, 0.1) is 0 Å². The van der Waals surface area contributed by atoms with E-state index in [1.54, 1.807) is 0 Å². The molecule has 0 radical (unpaired) electrons. The third kappa shape index (κ3) is 5.24. The Bertz CT molecular complexity index is 332. The Kier molecular flexibility index (Phi) is 7.10. The van der Waals surface area contributed by atoms with E-state index in [0.717, 1.165) is 45.3 Å². The van der Waals surface area contributed by atoms with Crippen LogP contribution in [0.5, 0.6) is 0 Å². The van der Waals surface area contributed by atoms with E-state index in [4.69, 9.17) is 5.73 Å². The summed E-state index contributed by atoms with van der Waals surface area (Å²) in [5.74, 6) is 0.189. The van der Waals surface area contributed by atoms with Gasteiger partial charge in [-0.1, -0.05) is 6.42 Å². The number of nitrogens with zero attached hydrogens (tertiary/aromatic N) is 2. The van der Waals surface area contributed by atoms with Crippen LogP contribution in [-0.2, 0) is 4.79 Å². The summed E-state index contributed by atoms with van der Waals surface area (Å²) in [4.78, 5) is 16.6. The summed E-state index contributed by atoms with van der Waals surface area (Å²) in [5.41, 5.74) is 5.26. The lowest BCUT2D eigenvalue weighted by Crippen LogP contribution is -2.60. The smallest absolute Gasteiger partial charge is 0.238 e. The van der Waals surface area contributed by atoms with Gasteiger partial charge in [0.25, 0.3) is 0 Å². The van der Waals surface area contributed by atoms with Crippen LogP contribution >= 0.6 is 0 Å². The van der Waals surface area contributed by atoms with E-state index in [9.17, 15) is 4.79 Å². The summed E-state index contributed by atoms with van der Waals surface area (Å²) >= 11 is 0. The molecule has 2 atom stereocenters. The highest BCUT2D eigenvalue weighted by molar-refractivity contribution is 5.85. The van der Waals surface area contributed by atoms with E-state index in [0.29, 0.717) is 5.92 Å². The van der Waals surface area contributed by atoms with Crippen LogP contribution in [0.1, 0.15) is 39.5 Å². The molecule has 5 nitrogen and oxygen atoms in total. The topological polar surface area (TPSA) is 61.6 Å². The van der Waals surface area contributed by atoms with Crippen LogP contribution in [0.4, 0.5) is 0 Å². The number of carbonyl (C=O) groups is 1. The van der Waals surface area contributed by atoms with Crippen molar-refractivity contribution in [3.63, 3.8) is 0 Å². The summed E-state index contributed by atoms with van der Waals surface area (Å²) in [7, 11) is 6.34. The molecule has 5 heteroatoms. The number of primary amides is 1. The Morgan fingerprint density at radius 1 is 1.29 bits per heavy atom. The average Bonchev–Trinajstić information content (AvgIpc) is 2.77. The van der Waals surface area contributed by atoms with Gasteiger partial charge < -0.3 is 20.9 Å². The Labute approximate surface area is 130 Å². The number of nitrogens with one attached hydrogen (secondary N) is 1. The van der Waals surface area contributed by atoms with E-state index in [1.165, 1.54) is 0 Å². The minimum atomic E-state index is -0.490. The summed E-state index contributed by atoms with van der Waals surface area (Å²) < 4.78 is 0. The molecule has 0 aromatic rings. The highest BCUT2D eigenvalue weighted by atomic mass is 16.1. The van der Waals surface area contributed by atoms with E-state index < -0.39 is 5.54 Å². The molecule has 1 fully saturated rings. The van der Waals surface area contributed by atoms with Crippen LogP contribution in [-0.4, -0.2) is 68.1 Å². The molecule has 0 aromatic heterocycles. The molecular weight excluding hydrogens is 264 g/mol. The van der Waals surface area contributed by atoms with Crippen LogP contribution in [0.3, 0.4) is 0 Å². The molecule has 2 unspecified atom stereocenters. The fourth-order valence-corrected chi connectivity index (χ4v) is 3.43. The molecule has 3 N–H and O–H groups in total. The Balaban J connectivity index is 2.57. The molecule has 0 saturated heterocycles. The van der Waals surface area contributed by atoms with Gasteiger partial charge in [0.15, 0.2) is 0 Å². The first-order chi connectivity index (χ1) is 9.78. The van der Waals surface area contributed by atoms with Crippen LogP contribution < -0.4 is 11.1 Å². The minimum Gasteiger partial charge on any atom is -0.368 e. The lowest BCUT2D eigenvalue weighted by atomic mass is 9.83. The number of rotatable bonds is 9. The Morgan fingerprint density at radius 3 is 2.48 bits per heavy atom. The fraction of sp³-hybridized carbons (Fsp3) is 0.938. The molecule has 0 bridgehead atoms. The maximum absolute atomic E-state index is 12.1. The average molecular weight is 298 g/mol. The van der Waals surface area contributed by atoms with Crippen molar-refractivity contribution in [3.05, 3.63) is 0 Å². The van der Waals surface area contributed by atoms with Gasteiger partial charge in [-0.15, -0.1) is 0 Å². The molecule has 1 aliphatic rings. The van der Waals surface area contributed by atoms with Gasteiger partial charge in [-0.05, 0) is 66.7 Å². The van der Waals surface area contributed by atoms with Gasteiger partial charge in [-0.25, -0.2) is 0 Å². The van der Waals surface area contributed by atoms with Gasteiger partial charge in [-0.2, -0.15) is 0 Å². The molecule has 0 heterocycles. The molecule has 124 valence electrons. The monoisotopic (exact) mass is 298 g/mol. The van der Waals surface area contributed by atoms with Crippen LogP contribution in [0.15, 0.2) is 0 Å². The number of likely N-dealkylation sites (N-methyl/N-ethyl adjacent to an activating group) is 2. The van der Waals surface area contributed by atoms with Gasteiger partial charge in [0.2, 0.25) is 5.91 Å². The number of hydrogen-bond acceptors (Lipinski definition) is 4. The van der Waals surface area contributed by atoms with Gasteiger partial charge in [0, 0.05) is 19.1 Å². The van der Waals surface area contributed by atoms with Crippen molar-refractivity contribution < 1.29 is 4.79 Å². The molecule has 1 saturated carbocycles. The number of carbonyl (C=O) groups excluding carboxylic acids is 1. The van der Waals surface area contributed by atoms with E-state index in [1.807, 2.05) is 0 Å². The van der Waals surface area contributed by atoms with Gasteiger partial charge in [0.1, 0.15) is 5.54 Å². The maximum Gasteiger partial charge on any atom is 0.238 e. The van der Waals surface area contributed by atoms with Crippen LogP contribution in [0, 0.1) is 5.92 Å². The van der Waals surface area contributed by atoms with Crippen molar-refractivity contribution in [3.8, 4) is 0 Å². The Hall–Kier alpha value is -0.650. The van der Waals surface area contributed by atoms with Crippen molar-refractivity contribution in [1.82, 2.24) is 15.1 Å². The Morgan fingerprint density at radius 2 is 1.95 bits per heavy atom. The van der Waals surface area contributed by atoms with Crippen LogP contribution in [0.2, 0.25) is 0 Å². The normalized spacial score (nSPS) is 26.2. The van der Waals surface area contributed by atoms with E-state index in [-0.39, 0.29) is 11.9 Å². The minimum absolute atomic E-state index is 0.172. The second-order valence-corrected chi connectivity index (χ2v) is 7.12. The summed E-state index contributed by atoms with van der Waals surface area (Å²) in [6, 6.07) is 0.282. The summed E-state index contributed by atoms with van der Waals surface area (Å²) in [6.07, 6.45) is 4.11. The summed E-state index contributed by atoms with van der Waals surface area (Å²) in [6.45, 7) is 7.31. The molecule has 0 aliphatic heterocycles. The van der Waals surface area contributed by atoms with Crippen molar-refractivity contribution in [1.29, 1.82) is 0 Å². The molecule has 0 aromatic carbocycles. The van der Waals surface area contributed by atoms with Crippen LogP contribution in [0.25, 0.3) is 0 Å². The molecule has 21 heavy (non-hydrogen) atoms. The van der Waals surface area contributed by atoms with Crippen molar-refractivity contribution in [2.45, 2.75) is 51.1 Å². The number of hydrogen-bond donors (Lipinski definition) is 2. The fourth-order valence-electron chi connectivity index (χ4n) is 3.43. The SMILES string of the molecule is CC(C)NC1(C(N)=O)CCCC1CCN(C)CCN(C)C. The first-order valence-corrected chi connectivity index (χ1v) is 8.19. The zero-order chi connectivity index (χ0) is 16.0. The molecule has 1 aliphatic carbocycles. The number of nitrogens with two attached hydrogens (primary N) is 1. The van der Waals surface area contributed by atoms with Gasteiger partial charge in [-0.3, -0.25) is 4.79 Å². The van der Waals surface area contributed by atoms with Gasteiger partial charge >= 0.3 is 0 Å². The lowest BCUT2D eigenvalue weighted by Gasteiger charge is -2.36. The number of amides is 1. The highest BCUT2D eigenvalue weighted by Crippen LogP contribution is 2.38. The third-order valence-electron chi connectivity index (χ3n) is 4.59. The molecule has 1 amide bonds. The van der Waals surface area contributed by atoms with Crippen molar-refractivity contribution >= 4 is 5.91 Å². The van der Waals surface area contributed by atoms with Crippen molar-refractivity contribution in [2.24, 2.45) is 11.7 Å². The maximum atomic E-state index is 12.1. The zero-order valence-corrected chi connectivity index (χ0v) is 14.5. The second kappa shape index (κ2) is 8.11. The second-order valence-electron chi connectivity index (χ2n) is 7.12. The molecule has 1 rings (SSSR count). The standard InChI is InChI=1S/C16H34N4O/c1-13(2)18-16(15(17)21)9-6-7-14(16)8-10-20(5)12-11-19(3)4/h13-14,18H,6-12H2,1-5H3,(H2,17,21). The zero-order valence-electron chi connectivity index (χ0n) is 14.5.